The van der Waals surface area contributed by atoms with E-state index in [4.69, 9.17) is 21.4 Å². The lowest BCUT2D eigenvalue weighted by molar-refractivity contribution is -0.135. The number of carbonyl (C=O) groups is 1. The summed E-state index contributed by atoms with van der Waals surface area (Å²) in [7, 11) is 0. The summed E-state index contributed by atoms with van der Waals surface area (Å²) in [6.07, 6.45) is 2.21. The Morgan fingerprint density at radius 3 is 2.70 bits per heavy atom. The first-order valence-electron chi connectivity index (χ1n) is 10.3. The van der Waals surface area contributed by atoms with Crippen LogP contribution in [0.3, 0.4) is 0 Å². The molecule has 33 heavy (non-hydrogen) atoms. The number of aliphatic hydroxyl groups is 1. The predicted octanol–water partition coefficient (Wildman–Crippen LogP) is 3.28. The van der Waals surface area contributed by atoms with Crippen molar-refractivity contribution in [2.45, 2.75) is 26.1 Å². The Hall–Kier alpha value is -3.23. The van der Waals surface area contributed by atoms with Crippen LogP contribution in [0.25, 0.3) is 0 Å². The predicted molar refractivity (Wildman–Crippen MR) is 118 cm³/mol. The Balaban J connectivity index is 1.47. The molecular formula is C24H21ClF2N2O4. The number of fused-ring (bicyclic) bond motifs is 1. The number of aliphatic hydroxyl groups excluding tert-OH is 1. The van der Waals surface area contributed by atoms with Crippen LogP contribution in [-0.4, -0.2) is 33.6 Å². The summed E-state index contributed by atoms with van der Waals surface area (Å²) in [5.74, 6) is -1.61. The molecule has 0 atom stereocenters. The monoisotopic (exact) mass is 474 g/mol. The first-order chi connectivity index (χ1) is 15.9. The van der Waals surface area contributed by atoms with Gasteiger partial charge in [-0.05, 0) is 41.3 Å². The number of hydrogen-bond donors (Lipinski definition) is 1. The van der Waals surface area contributed by atoms with Crippen LogP contribution in [0.5, 0.6) is 5.75 Å². The second-order valence-electron chi connectivity index (χ2n) is 7.78. The Morgan fingerprint density at radius 1 is 1.12 bits per heavy atom. The van der Waals surface area contributed by atoms with Crippen molar-refractivity contribution in [1.82, 2.24) is 9.47 Å². The zero-order chi connectivity index (χ0) is 23.5. The molecule has 1 amide bonds. The molecule has 0 fully saturated rings. The molecule has 0 bridgehead atoms. The summed E-state index contributed by atoms with van der Waals surface area (Å²) in [6, 6.07) is 10.5. The lowest BCUT2D eigenvalue weighted by atomic mass is 9.97. The van der Waals surface area contributed by atoms with E-state index in [1.807, 2.05) is 18.2 Å². The fourth-order valence-corrected chi connectivity index (χ4v) is 4.00. The van der Waals surface area contributed by atoms with Crippen molar-refractivity contribution in [1.29, 1.82) is 0 Å². The van der Waals surface area contributed by atoms with Crippen molar-refractivity contribution in [2.24, 2.45) is 0 Å². The molecule has 3 aromatic rings. The van der Waals surface area contributed by atoms with Crippen molar-refractivity contribution >= 4 is 17.5 Å². The average molecular weight is 475 g/mol. The highest BCUT2D eigenvalue weighted by molar-refractivity contribution is 6.31. The van der Waals surface area contributed by atoms with Crippen molar-refractivity contribution in [2.75, 3.05) is 13.2 Å². The molecule has 6 nitrogen and oxygen atoms in total. The summed E-state index contributed by atoms with van der Waals surface area (Å²) in [4.78, 5) is 26.1. The molecule has 1 aliphatic rings. The molecule has 0 spiro atoms. The smallest absolute Gasteiger partial charge is 0.273 e. The third-order valence-electron chi connectivity index (χ3n) is 5.59. The van der Waals surface area contributed by atoms with E-state index < -0.39 is 23.8 Å². The van der Waals surface area contributed by atoms with Crippen LogP contribution in [0.1, 0.15) is 22.3 Å². The molecule has 0 saturated carbocycles. The van der Waals surface area contributed by atoms with Crippen molar-refractivity contribution in [3.05, 3.63) is 97.9 Å². The van der Waals surface area contributed by atoms with Crippen molar-refractivity contribution < 1.29 is 23.4 Å². The van der Waals surface area contributed by atoms with Crippen LogP contribution in [0.2, 0.25) is 5.02 Å². The standard InChI is InChI=1S/C24H21ClF2N2O4/c25-23-21(33-14-18-3-4-19(26)10-20(18)27)6-8-29(24(23)32)11-15-1-2-17-12-28(22(31)13-30)7-5-16(17)9-15/h1-4,6,8-10,30H,5,7,11-14H2. The first kappa shape index (κ1) is 22.9. The summed E-state index contributed by atoms with van der Waals surface area (Å²) >= 11 is 6.20. The lowest BCUT2D eigenvalue weighted by Gasteiger charge is -2.28. The maximum absolute atomic E-state index is 13.8. The van der Waals surface area contributed by atoms with Gasteiger partial charge in [-0.2, -0.15) is 0 Å². The van der Waals surface area contributed by atoms with E-state index in [1.54, 1.807) is 11.1 Å². The number of nitrogens with zero attached hydrogens (tertiary/aromatic N) is 2. The van der Waals surface area contributed by atoms with E-state index in [0.29, 0.717) is 19.5 Å². The minimum atomic E-state index is -0.740. The van der Waals surface area contributed by atoms with Gasteiger partial charge in [0.2, 0.25) is 5.91 Å². The molecule has 2 heterocycles. The van der Waals surface area contributed by atoms with E-state index in [-0.39, 0.29) is 35.4 Å². The molecule has 1 aliphatic heterocycles. The number of ether oxygens (including phenoxy) is 1. The first-order valence-corrected chi connectivity index (χ1v) is 10.7. The highest BCUT2D eigenvalue weighted by atomic mass is 35.5. The normalized spacial score (nSPS) is 13.0. The van der Waals surface area contributed by atoms with E-state index in [0.717, 1.165) is 28.8 Å². The van der Waals surface area contributed by atoms with E-state index in [1.165, 1.54) is 16.7 Å². The van der Waals surface area contributed by atoms with Gasteiger partial charge in [0.05, 0.1) is 6.54 Å². The summed E-state index contributed by atoms with van der Waals surface area (Å²) in [5, 5.41) is 8.92. The molecule has 2 aromatic carbocycles. The van der Waals surface area contributed by atoms with E-state index in [2.05, 4.69) is 0 Å². The van der Waals surface area contributed by atoms with E-state index in [9.17, 15) is 18.4 Å². The topological polar surface area (TPSA) is 71.8 Å². The van der Waals surface area contributed by atoms with Crippen LogP contribution in [0.4, 0.5) is 8.78 Å². The number of carbonyl (C=O) groups excluding carboxylic acids is 1. The Morgan fingerprint density at radius 2 is 1.94 bits per heavy atom. The summed E-state index contributed by atoms with van der Waals surface area (Å²) in [6.45, 7) is 0.563. The van der Waals surface area contributed by atoms with Gasteiger partial charge in [0.1, 0.15) is 35.6 Å². The lowest BCUT2D eigenvalue weighted by Crippen LogP contribution is -2.37. The second kappa shape index (κ2) is 9.72. The number of aromatic nitrogens is 1. The summed E-state index contributed by atoms with van der Waals surface area (Å²) in [5.41, 5.74) is 2.69. The molecule has 1 aromatic heterocycles. The number of rotatable bonds is 6. The molecule has 0 unspecified atom stereocenters. The Bertz CT molecular complexity index is 1260. The van der Waals surface area contributed by atoms with Gasteiger partial charge in [0.25, 0.3) is 5.56 Å². The van der Waals surface area contributed by atoms with Crippen molar-refractivity contribution in [3.8, 4) is 5.75 Å². The fourth-order valence-electron chi connectivity index (χ4n) is 3.77. The maximum atomic E-state index is 13.8. The Labute approximate surface area is 193 Å². The minimum Gasteiger partial charge on any atom is -0.487 e. The second-order valence-corrected chi connectivity index (χ2v) is 8.16. The van der Waals surface area contributed by atoms with Crippen LogP contribution < -0.4 is 10.3 Å². The highest BCUT2D eigenvalue weighted by Gasteiger charge is 2.20. The Kier molecular flexibility index (Phi) is 6.76. The maximum Gasteiger partial charge on any atom is 0.273 e. The third kappa shape index (κ3) is 5.07. The van der Waals surface area contributed by atoms with Crippen LogP contribution in [0, 0.1) is 11.6 Å². The van der Waals surface area contributed by atoms with Gasteiger partial charge in [-0.25, -0.2) is 8.78 Å². The molecule has 172 valence electrons. The fraction of sp³-hybridized carbons (Fsp3) is 0.250. The van der Waals surface area contributed by atoms with Gasteiger partial charge in [0.15, 0.2) is 0 Å². The van der Waals surface area contributed by atoms with Gasteiger partial charge in [-0.15, -0.1) is 0 Å². The van der Waals surface area contributed by atoms with Crippen LogP contribution in [0.15, 0.2) is 53.5 Å². The van der Waals surface area contributed by atoms with Gasteiger partial charge < -0.3 is 19.3 Å². The van der Waals surface area contributed by atoms with Crippen LogP contribution in [-0.2, 0) is 30.9 Å². The van der Waals surface area contributed by atoms with E-state index >= 15 is 0 Å². The van der Waals surface area contributed by atoms with Gasteiger partial charge in [0, 0.05) is 30.9 Å². The average Bonchev–Trinajstić information content (AvgIpc) is 2.81. The SMILES string of the molecule is O=C(CO)N1CCc2cc(Cn3ccc(OCc4ccc(F)cc4F)c(Cl)c3=O)ccc2C1. The minimum absolute atomic E-state index is 0.112. The molecule has 9 heteroatoms. The highest BCUT2D eigenvalue weighted by Crippen LogP contribution is 2.24. The number of halogens is 3. The van der Waals surface area contributed by atoms with Gasteiger partial charge in [-0.3, -0.25) is 9.59 Å². The zero-order valence-electron chi connectivity index (χ0n) is 17.6. The summed E-state index contributed by atoms with van der Waals surface area (Å²) < 4.78 is 33.8. The van der Waals surface area contributed by atoms with Gasteiger partial charge in [-0.1, -0.05) is 29.8 Å². The third-order valence-corrected chi connectivity index (χ3v) is 5.94. The van der Waals surface area contributed by atoms with Crippen molar-refractivity contribution in [3.63, 3.8) is 0 Å². The molecule has 0 saturated heterocycles. The molecule has 4 rings (SSSR count). The molecule has 1 N–H and O–H groups in total. The number of benzene rings is 2. The molecular weight excluding hydrogens is 454 g/mol. The number of hydrogen-bond acceptors (Lipinski definition) is 4. The zero-order valence-corrected chi connectivity index (χ0v) is 18.3. The van der Waals surface area contributed by atoms with Crippen LogP contribution >= 0.6 is 11.6 Å². The molecule has 0 aliphatic carbocycles. The number of pyridine rings is 1. The largest absolute Gasteiger partial charge is 0.487 e. The number of amides is 1. The quantitative estimate of drug-likeness (QED) is 0.595. The van der Waals surface area contributed by atoms with Gasteiger partial charge >= 0.3 is 0 Å². The molecule has 0 radical (unpaired) electrons.